The van der Waals surface area contributed by atoms with E-state index in [1.165, 1.54) is 24.1 Å². The van der Waals surface area contributed by atoms with Gasteiger partial charge in [-0.25, -0.2) is 0 Å². The van der Waals surface area contributed by atoms with Crippen molar-refractivity contribution in [3.05, 3.63) is 47.2 Å². The van der Waals surface area contributed by atoms with E-state index in [0.29, 0.717) is 12.2 Å². The first-order valence-corrected chi connectivity index (χ1v) is 6.89. The lowest BCUT2D eigenvalue weighted by Gasteiger charge is -2.35. The van der Waals surface area contributed by atoms with E-state index in [1.807, 2.05) is 0 Å². The molecule has 0 unspecified atom stereocenters. The number of carbonyl (C=O) groups excluding carboxylic acids is 1. The molecule has 0 N–H and O–H groups in total. The van der Waals surface area contributed by atoms with Gasteiger partial charge in [0, 0.05) is 30.8 Å². The molecule has 0 spiro atoms. The first kappa shape index (κ1) is 11.5. The number of hydrogen-bond donors (Lipinski definition) is 0. The molecule has 18 heavy (non-hydrogen) atoms. The average molecular weight is 241 g/mol. The minimum absolute atomic E-state index is 0.397. The lowest BCUT2D eigenvalue weighted by Crippen LogP contribution is -2.34. The van der Waals surface area contributed by atoms with E-state index >= 15 is 0 Å². The second kappa shape index (κ2) is 4.97. The molecule has 1 aromatic rings. The summed E-state index contributed by atoms with van der Waals surface area (Å²) in [5, 5.41) is 0. The number of rotatable bonds is 2. The Morgan fingerprint density at radius 2 is 1.78 bits per heavy atom. The number of Topliss-reactive ketones (excluding diaryl/α,β-unsaturated/α-hetero) is 1. The standard InChI is InChI=1S/C16H19NO/c18-16-10-11-17(12-13-6-2-1-3-7-13)15-9-5-4-8-14(15)16/h1-3,6-7H,4-5,8-12H2. The lowest BCUT2D eigenvalue weighted by atomic mass is 9.88. The summed E-state index contributed by atoms with van der Waals surface area (Å²) in [6.07, 6.45) is 5.21. The minimum Gasteiger partial charge on any atom is -0.370 e. The second-order valence-electron chi connectivity index (χ2n) is 5.21. The summed E-state index contributed by atoms with van der Waals surface area (Å²) in [5.74, 6) is 0.397. The zero-order chi connectivity index (χ0) is 12.4. The lowest BCUT2D eigenvalue weighted by molar-refractivity contribution is -0.117. The summed E-state index contributed by atoms with van der Waals surface area (Å²) < 4.78 is 0. The molecule has 0 saturated heterocycles. The largest absolute Gasteiger partial charge is 0.370 e. The molecular weight excluding hydrogens is 222 g/mol. The summed E-state index contributed by atoms with van der Waals surface area (Å²) in [7, 11) is 0. The molecule has 1 heterocycles. The summed E-state index contributed by atoms with van der Waals surface area (Å²) in [4.78, 5) is 14.4. The molecule has 0 amide bonds. The van der Waals surface area contributed by atoms with Crippen LogP contribution in [0.4, 0.5) is 0 Å². The Labute approximate surface area is 108 Å². The molecule has 2 nitrogen and oxygen atoms in total. The number of nitrogens with zero attached hydrogens (tertiary/aromatic N) is 1. The third-order valence-corrected chi connectivity index (χ3v) is 3.98. The molecule has 0 fully saturated rings. The summed E-state index contributed by atoms with van der Waals surface area (Å²) in [6.45, 7) is 1.85. The van der Waals surface area contributed by atoms with Crippen LogP contribution in [0.15, 0.2) is 41.6 Å². The van der Waals surface area contributed by atoms with Gasteiger partial charge in [-0.15, -0.1) is 0 Å². The van der Waals surface area contributed by atoms with Crippen molar-refractivity contribution >= 4 is 5.78 Å². The molecule has 0 radical (unpaired) electrons. The molecule has 2 aliphatic rings. The Morgan fingerprint density at radius 3 is 2.61 bits per heavy atom. The molecule has 2 heteroatoms. The summed E-state index contributed by atoms with van der Waals surface area (Å²) in [6, 6.07) is 10.6. The van der Waals surface area contributed by atoms with Crippen molar-refractivity contribution in [1.29, 1.82) is 0 Å². The van der Waals surface area contributed by atoms with E-state index in [2.05, 4.69) is 35.2 Å². The summed E-state index contributed by atoms with van der Waals surface area (Å²) >= 11 is 0. The third-order valence-electron chi connectivity index (χ3n) is 3.98. The van der Waals surface area contributed by atoms with E-state index in [4.69, 9.17) is 0 Å². The quantitative estimate of drug-likeness (QED) is 0.792. The van der Waals surface area contributed by atoms with Crippen LogP contribution in [0.25, 0.3) is 0 Å². The maximum Gasteiger partial charge on any atom is 0.162 e. The van der Waals surface area contributed by atoms with E-state index in [9.17, 15) is 4.79 Å². The highest BCUT2D eigenvalue weighted by Gasteiger charge is 2.27. The Hall–Kier alpha value is -1.57. The van der Waals surface area contributed by atoms with Crippen molar-refractivity contribution in [1.82, 2.24) is 4.90 Å². The Morgan fingerprint density at radius 1 is 1.00 bits per heavy atom. The first-order valence-electron chi connectivity index (χ1n) is 6.89. The molecule has 1 aliphatic heterocycles. The number of allylic oxidation sites excluding steroid dienone is 2. The van der Waals surface area contributed by atoms with Crippen molar-refractivity contribution in [2.75, 3.05) is 6.54 Å². The van der Waals surface area contributed by atoms with Gasteiger partial charge < -0.3 is 4.90 Å². The van der Waals surface area contributed by atoms with Crippen molar-refractivity contribution in [3.63, 3.8) is 0 Å². The van der Waals surface area contributed by atoms with Gasteiger partial charge in [0.25, 0.3) is 0 Å². The number of ketones is 1. The van der Waals surface area contributed by atoms with Crippen LogP contribution in [-0.4, -0.2) is 17.2 Å². The van der Waals surface area contributed by atoms with Crippen LogP contribution in [0.3, 0.4) is 0 Å². The smallest absolute Gasteiger partial charge is 0.162 e. The molecule has 3 rings (SSSR count). The van der Waals surface area contributed by atoms with Gasteiger partial charge in [-0.2, -0.15) is 0 Å². The van der Waals surface area contributed by atoms with E-state index in [0.717, 1.165) is 31.5 Å². The SMILES string of the molecule is O=C1CCN(Cc2ccccc2)C2=C1CCCC2. The monoisotopic (exact) mass is 241 g/mol. The third kappa shape index (κ3) is 2.20. The van der Waals surface area contributed by atoms with Crippen LogP contribution >= 0.6 is 0 Å². The summed E-state index contributed by atoms with van der Waals surface area (Å²) in [5.41, 5.74) is 3.80. The van der Waals surface area contributed by atoms with Crippen LogP contribution in [0, 0.1) is 0 Å². The van der Waals surface area contributed by atoms with Crippen molar-refractivity contribution in [2.24, 2.45) is 0 Å². The highest BCUT2D eigenvalue weighted by molar-refractivity contribution is 5.97. The van der Waals surface area contributed by atoms with Gasteiger partial charge in [-0.3, -0.25) is 4.79 Å². The normalized spacial score (nSPS) is 20.0. The van der Waals surface area contributed by atoms with Gasteiger partial charge in [0.05, 0.1) is 0 Å². The second-order valence-corrected chi connectivity index (χ2v) is 5.21. The van der Waals surface area contributed by atoms with Gasteiger partial charge in [-0.05, 0) is 31.2 Å². The van der Waals surface area contributed by atoms with Crippen molar-refractivity contribution in [3.8, 4) is 0 Å². The highest BCUT2D eigenvalue weighted by Crippen LogP contribution is 2.32. The fraction of sp³-hybridized carbons (Fsp3) is 0.438. The maximum absolute atomic E-state index is 11.9. The minimum atomic E-state index is 0.397. The molecule has 1 aromatic carbocycles. The van der Waals surface area contributed by atoms with Crippen LogP contribution in [0.5, 0.6) is 0 Å². The Kier molecular flexibility index (Phi) is 3.18. The van der Waals surface area contributed by atoms with E-state index < -0.39 is 0 Å². The van der Waals surface area contributed by atoms with Crippen LogP contribution in [0.2, 0.25) is 0 Å². The van der Waals surface area contributed by atoms with Crippen LogP contribution < -0.4 is 0 Å². The Balaban J connectivity index is 1.84. The molecule has 94 valence electrons. The molecule has 0 atom stereocenters. The zero-order valence-electron chi connectivity index (χ0n) is 10.7. The number of hydrogen-bond acceptors (Lipinski definition) is 2. The van der Waals surface area contributed by atoms with Crippen molar-refractivity contribution < 1.29 is 4.79 Å². The maximum atomic E-state index is 11.9. The predicted octanol–water partition coefficient (Wildman–Crippen LogP) is 3.29. The first-order chi connectivity index (χ1) is 8.84. The topological polar surface area (TPSA) is 20.3 Å². The fourth-order valence-corrected chi connectivity index (χ4v) is 3.04. The van der Waals surface area contributed by atoms with Gasteiger partial charge in [0.1, 0.15) is 0 Å². The number of benzene rings is 1. The van der Waals surface area contributed by atoms with Gasteiger partial charge in [0.2, 0.25) is 0 Å². The van der Waals surface area contributed by atoms with Crippen LogP contribution in [0.1, 0.15) is 37.7 Å². The van der Waals surface area contributed by atoms with Gasteiger partial charge >= 0.3 is 0 Å². The van der Waals surface area contributed by atoms with Crippen molar-refractivity contribution in [2.45, 2.75) is 38.6 Å². The highest BCUT2D eigenvalue weighted by atomic mass is 16.1. The number of carbonyl (C=O) groups is 1. The molecule has 0 aromatic heterocycles. The average Bonchev–Trinajstić information content (AvgIpc) is 2.44. The van der Waals surface area contributed by atoms with E-state index in [-0.39, 0.29) is 0 Å². The molecule has 0 bridgehead atoms. The predicted molar refractivity (Wildman–Crippen MR) is 72.0 cm³/mol. The fourth-order valence-electron chi connectivity index (χ4n) is 3.04. The zero-order valence-corrected chi connectivity index (χ0v) is 10.7. The Bertz CT molecular complexity index is 475. The molecule has 0 saturated carbocycles. The van der Waals surface area contributed by atoms with Gasteiger partial charge in [0.15, 0.2) is 5.78 Å². The van der Waals surface area contributed by atoms with E-state index in [1.54, 1.807) is 0 Å². The van der Waals surface area contributed by atoms with Crippen LogP contribution in [-0.2, 0) is 11.3 Å². The molecular formula is C16H19NO. The van der Waals surface area contributed by atoms with Gasteiger partial charge in [-0.1, -0.05) is 30.3 Å². The molecule has 1 aliphatic carbocycles.